The maximum Gasteiger partial charge on any atom is 0.123 e. The lowest BCUT2D eigenvalue weighted by atomic mass is 10.0. The summed E-state index contributed by atoms with van der Waals surface area (Å²) in [6.45, 7) is 7.64. The van der Waals surface area contributed by atoms with Crippen molar-refractivity contribution in [2.45, 2.75) is 45.8 Å². The Kier molecular flexibility index (Phi) is 4.52. The number of hydrogen-bond acceptors (Lipinski definition) is 2. The zero-order valence-corrected chi connectivity index (χ0v) is 12.1. The van der Waals surface area contributed by atoms with E-state index in [2.05, 4.69) is 26.1 Å². The van der Waals surface area contributed by atoms with Crippen LogP contribution in [0.2, 0.25) is 5.02 Å². The molecule has 0 aliphatic carbocycles. The molecule has 1 heterocycles. The molecule has 1 aliphatic rings. The summed E-state index contributed by atoms with van der Waals surface area (Å²) in [4.78, 5) is 0. The summed E-state index contributed by atoms with van der Waals surface area (Å²) in [6.07, 6.45) is 2.40. The molecule has 1 aromatic carbocycles. The van der Waals surface area contributed by atoms with Crippen LogP contribution in [-0.2, 0) is 6.42 Å². The summed E-state index contributed by atoms with van der Waals surface area (Å²) in [7, 11) is 0. The van der Waals surface area contributed by atoms with Crippen molar-refractivity contribution in [1.82, 2.24) is 5.32 Å². The molecule has 0 amide bonds. The molecule has 0 spiro atoms. The van der Waals surface area contributed by atoms with Gasteiger partial charge in [-0.05, 0) is 43.0 Å². The number of rotatable bonds is 5. The Morgan fingerprint density at radius 3 is 2.89 bits per heavy atom. The molecule has 2 atom stereocenters. The van der Waals surface area contributed by atoms with Gasteiger partial charge < -0.3 is 10.1 Å². The van der Waals surface area contributed by atoms with Gasteiger partial charge in [-0.15, -0.1) is 0 Å². The van der Waals surface area contributed by atoms with Crippen LogP contribution in [0.3, 0.4) is 0 Å². The number of hydrogen-bond donors (Lipinski definition) is 1. The van der Waals surface area contributed by atoms with Gasteiger partial charge in [-0.1, -0.05) is 25.4 Å². The first-order valence-corrected chi connectivity index (χ1v) is 7.11. The smallest absolute Gasteiger partial charge is 0.123 e. The summed E-state index contributed by atoms with van der Waals surface area (Å²) in [5.41, 5.74) is 1.23. The Bertz CT molecular complexity index is 405. The lowest BCUT2D eigenvalue weighted by molar-refractivity contribution is 0.219. The number of ether oxygens (including phenoxy) is 1. The first-order chi connectivity index (χ1) is 8.54. The molecule has 2 rings (SSSR count). The van der Waals surface area contributed by atoms with Gasteiger partial charge >= 0.3 is 0 Å². The standard InChI is InChI=1S/C15H22ClNO/c1-10(2)6-11(3)17-9-14-8-12-7-13(16)4-5-15(12)18-14/h4-5,7,10-11,14,17H,6,8-9H2,1-3H3. The average molecular weight is 268 g/mol. The highest BCUT2D eigenvalue weighted by Crippen LogP contribution is 2.30. The van der Waals surface area contributed by atoms with E-state index in [1.54, 1.807) is 0 Å². The SMILES string of the molecule is CC(C)CC(C)NCC1Cc2cc(Cl)ccc2O1. The van der Waals surface area contributed by atoms with E-state index < -0.39 is 0 Å². The molecule has 0 radical (unpaired) electrons. The van der Waals surface area contributed by atoms with Crippen LogP contribution < -0.4 is 10.1 Å². The Hall–Kier alpha value is -0.730. The van der Waals surface area contributed by atoms with Gasteiger partial charge in [0, 0.05) is 24.0 Å². The largest absolute Gasteiger partial charge is 0.488 e. The van der Waals surface area contributed by atoms with Crippen molar-refractivity contribution in [3.8, 4) is 5.75 Å². The highest BCUT2D eigenvalue weighted by molar-refractivity contribution is 6.30. The predicted octanol–water partition coefficient (Wildman–Crippen LogP) is 3.67. The molecule has 0 saturated heterocycles. The third-order valence-corrected chi connectivity index (χ3v) is 3.52. The second kappa shape index (κ2) is 5.94. The fraction of sp³-hybridized carbons (Fsp3) is 0.600. The van der Waals surface area contributed by atoms with Gasteiger partial charge in [0.2, 0.25) is 0 Å². The molecule has 18 heavy (non-hydrogen) atoms. The van der Waals surface area contributed by atoms with E-state index in [0.717, 1.165) is 29.7 Å². The van der Waals surface area contributed by atoms with Crippen molar-refractivity contribution >= 4 is 11.6 Å². The summed E-state index contributed by atoms with van der Waals surface area (Å²) < 4.78 is 5.90. The maximum atomic E-state index is 5.98. The van der Waals surface area contributed by atoms with Gasteiger partial charge in [0.25, 0.3) is 0 Å². The van der Waals surface area contributed by atoms with Gasteiger partial charge in [0.15, 0.2) is 0 Å². The van der Waals surface area contributed by atoms with Gasteiger partial charge in [-0.25, -0.2) is 0 Å². The lowest BCUT2D eigenvalue weighted by Gasteiger charge is -2.18. The highest BCUT2D eigenvalue weighted by atomic mass is 35.5. The lowest BCUT2D eigenvalue weighted by Crippen LogP contribution is -2.36. The molecule has 0 bridgehead atoms. The molecule has 2 unspecified atom stereocenters. The number of nitrogens with one attached hydrogen (secondary N) is 1. The zero-order valence-electron chi connectivity index (χ0n) is 11.4. The van der Waals surface area contributed by atoms with E-state index >= 15 is 0 Å². The number of fused-ring (bicyclic) bond motifs is 1. The number of benzene rings is 1. The van der Waals surface area contributed by atoms with E-state index in [1.165, 1.54) is 12.0 Å². The minimum atomic E-state index is 0.244. The Morgan fingerprint density at radius 2 is 2.17 bits per heavy atom. The van der Waals surface area contributed by atoms with Crippen LogP contribution in [0.15, 0.2) is 18.2 Å². The van der Waals surface area contributed by atoms with Gasteiger partial charge in [0.05, 0.1) is 0 Å². The van der Waals surface area contributed by atoms with Crippen molar-refractivity contribution in [3.63, 3.8) is 0 Å². The molecule has 3 heteroatoms. The first-order valence-electron chi connectivity index (χ1n) is 6.73. The molecule has 2 nitrogen and oxygen atoms in total. The maximum absolute atomic E-state index is 5.98. The zero-order chi connectivity index (χ0) is 13.1. The summed E-state index contributed by atoms with van der Waals surface area (Å²) in [5.74, 6) is 1.72. The van der Waals surface area contributed by atoms with Crippen LogP contribution in [0.25, 0.3) is 0 Å². The van der Waals surface area contributed by atoms with Crippen LogP contribution in [0.5, 0.6) is 5.75 Å². The van der Waals surface area contributed by atoms with Gasteiger partial charge in [-0.3, -0.25) is 0 Å². The van der Waals surface area contributed by atoms with Gasteiger partial charge in [0.1, 0.15) is 11.9 Å². The van der Waals surface area contributed by atoms with Gasteiger partial charge in [-0.2, -0.15) is 0 Å². The van der Waals surface area contributed by atoms with E-state index in [-0.39, 0.29) is 6.10 Å². The van der Waals surface area contributed by atoms with Crippen LogP contribution in [0, 0.1) is 5.92 Å². The molecule has 0 aromatic heterocycles. The van der Waals surface area contributed by atoms with Crippen LogP contribution >= 0.6 is 11.6 Å². The predicted molar refractivity (Wildman–Crippen MR) is 76.5 cm³/mol. The molecule has 0 saturated carbocycles. The number of halogens is 1. The molecule has 100 valence electrons. The molecular weight excluding hydrogens is 246 g/mol. The molecule has 1 aliphatic heterocycles. The summed E-state index contributed by atoms with van der Waals surface area (Å²) in [5, 5.41) is 4.34. The van der Waals surface area contributed by atoms with E-state index in [1.807, 2.05) is 18.2 Å². The monoisotopic (exact) mass is 267 g/mol. The third kappa shape index (κ3) is 3.63. The second-order valence-corrected chi connectivity index (χ2v) is 6.07. The van der Waals surface area contributed by atoms with E-state index in [4.69, 9.17) is 16.3 Å². The van der Waals surface area contributed by atoms with Crippen molar-refractivity contribution < 1.29 is 4.74 Å². The Morgan fingerprint density at radius 1 is 1.39 bits per heavy atom. The topological polar surface area (TPSA) is 21.3 Å². The fourth-order valence-corrected chi connectivity index (χ4v) is 2.72. The summed E-state index contributed by atoms with van der Waals surface area (Å²) >= 11 is 5.98. The molecular formula is C15H22ClNO. The average Bonchev–Trinajstić information content (AvgIpc) is 2.67. The van der Waals surface area contributed by atoms with Crippen molar-refractivity contribution in [3.05, 3.63) is 28.8 Å². The normalized spacial score (nSPS) is 19.7. The first kappa shape index (κ1) is 13.7. The third-order valence-electron chi connectivity index (χ3n) is 3.28. The second-order valence-electron chi connectivity index (χ2n) is 5.63. The van der Waals surface area contributed by atoms with Crippen LogP contribution in [0.1, 0.15) is 32.8 Å². The van der Waals surface area contributed by atoms with Crippen molar-refractivity contribution in [2.24, 2.45) is 5.92 Å². The summed E-state index contributed by atoms with van der Waals surface area (Å²) in [6, 6.07) is 6.40. The van der Waals surface area contributed by atoms with Crippen molar-refractivity contribution in [1.29, 1.82) is 0 Å². The van der Waals surface area contributed by atoms with Crippen LogP contribution in [0.4, 0.5) is 0 Å². The van der Waals surface area contributed by atoms with Crippen molar-refractivity contribution in [2.75, 3.05) is 6.54 Å². The minimum Gasteiger partial charge on any atom is -0.488 e. The molecule has 1 aromatic rings. The minimum absolute atomic E-state index is 0.244. The molecule has 1 N–H and O–H groups in total. The fourth-order valence-electron chi connectivity index (χ4n) is 2.53. The van der Waals surface area contributed by atoms with E-state index in [9.17, 15) is 0 Å². The highest BCUT2D eigenvalue weighted by Gasteiger charge is 2.23. The Balaban J connectivity index is 1.81. The Labute approximate surface area is 115 Å². The van der Waals surface area contributed by atoms with E-state index in [0.29, 0.717) is 6.04 Å². The quantitative estimate of drug-likeness (QED) is 0.879. The van der Waals surface area contributed by atoms with Crippen LogP contribution in [-0.4, -0.2) is 18.7 Å². The molecule has 0 fully saturated rings.